The lowest BCUT2D eigenvalue weighted by atomic mass is 10.1. The molecule has 0 atom stereocenters. The summed E-state index contributed by atoms with van der Waals surface area (Å²) in [6.07, 6.45) is 1.66. The molecule has 0 N–H and O–H groups in total. The zero-order valence-electron chi connectivity index (χ0n) is 18.9. The number of nitrogens with zero attached hydrogens (tertiary/aromatic N) is 1. The van der Waals surface area contributed by atoms with E-state index in [1.165, 1.54) is 5.56 Å². The van der Waals surface area contributed by atoms with Gasteiger partial charge >= 0.3 is 5.97 Å². The first-order chi connectivity index (χ1) is 16.5. The van der Waals surface area contributed by atoms with E-state index in [-0.39, 0.29) is 11.6 Å². The predicted octanol–water partition coefficient (Wildman–Crippen LogP) is 5.96. The highest BCUT2D eigenvalue weighted by atomic mass is 79.9. The molecule has 0 fully saturated rings. The topological polar surface area (TPSA) is 66.4 Å². The molecule has 0 amide bonds. The molecule has 174 valence electrons. The SMILES string of the molecule is CCOc1cc(/C=C2/N=C(c3ccccc3)OC2=O)cc(Br)c1OCCOc1ccc(C)cc1. The maximum atomic E-state index is 12.3. The standard InChI is InChI=1S/C27H24BrNO5/c1-3-31-24-17-19(16-23-27(30)34-26(29-23)20-7-5-4-6-8-20)15-22(28)25(24)33-14-13-32-21-11-9-18(2)10-12-21/h4-12,15-17H,3,13-14H2,1-2H3/b23-16+. The van der Waals surface area contributed by atoms with Gasteiger partial charge in [-0.3, -0.25) is 0 Å². The summed E-state index contributed by atoms with van der Waals surface area (Å²) in [7, 11) is 0. The maximum Gasteiger partial charge on any atom is 0.363 e. The van der Waals surface area contributed by atoms with Crippen molar-refractivity contribution >= 4 is 33.9 Å². The Hall–Kier alpha value is -3.58. The fourth-order valence-corrected chi connectivity index (χ4v) is 3.86. The molecule has 0 spiro atoms. The van der Waals surface area contributed by atoms with Gasteiger partial charge in [0.1, 0.15) is 19.0 Å². The van der Waals surface area contributed by atoms with Crippen LogP contribution < -0.4 is 14.2 Å². The molecule has 1 aliphatic rings. The lowest BCUT2D eigenvalue weighted by molar-refractivity contribution is -0.129. The van der Waals surface area contributed by atoms with Crippen LogP contribution in [0.1, 0.15) is 23.6 Å². The number of hydrogen-bond donors (Lipinski definition) is 0. The Bertz CT molecular complexity index is 1220. The van der Waals surface area contributed by atoms with E-state index < -0.39 is 5.97 Å². The van der Waals surface area contributed by atoms with Crippen LogP contribution in [-0.4, -0.2) is 31.7 Å². The van der Waals surface area contributed by atoms with Gasteiger partial charge < -0.3 is 18.9 Å². The summed E-state index contributed by atoms with van der Waals surface area (Å²) in [6, 6.07) is 20.8. The largest absolute Gasteiger partial charge is 0.490 e. The van der Waals surface area contributed by atoms with Crippen molar-refractivity contribution in [2.75, 3.05) is 19.8 Å². The highest BCUT2D eigenvalue weighted by Gasteiger charge is 2.24. The second kappa shape index (κ2) is 11.0. The van der Waals surface area contributed by atoms with Crippen LogP contribution >= 0.6 is 15.9 Å². The number of aliphatic imine (C=N–C) groups is 1. The molecule has 0 saturated carbocycles. The van der Waals surface area contributed by atoms with Crippen LogP contribution in [0.4, 0.5) is 0 Å². The van der Waals surface area contributed by atoms with Gasteiger partial charge in [-0.1, -0.05) is 35.9 Å². The van der Waals surface area contributed by atoms with Crippen molar-refractivity contribution < 1.29 is 23.7 Å². The maximum absolute atomic E-state index is 12.3. The molecular formula is C27H24BrNO5. The molecule has 3 aromatic carbocycles. The third-order valence-corrected chi connectivity index (χ3v) is 5.48. The summed E-state index contributed by atoms with van der Waals surface area (Å²) in [5.41, 5.74) is 2.86. The van der Waals surface area contributed by atoms with Gasteiger partial charge in [0.25, 0.3) is 0 Å². The van der Waals surface area contributed by atoms with Crippen molar-refractivity contribution in [3.8, 4) is 17.2 Å². The lowest BCUT2D eigenvalue weighted by Gasteiger charge is -2.15. The Balaban J connectivity index is 1.48. The average Bonchev–Trinajstić information content (AvgIpc) is 3.20. The minimum Gasteiger partial charge on any atom is -0.490 e. The molecule has 0 saturated heterocycles. The normalized spacial score (nSPS) is 14.0. The second-order valence-electron chi connectivity index (χ2n) is 7.48. The third kappa shape index (κ3) is 5.85. The summed E-state index contributed by atoms with van der Waals surface area (Å²) in [4.78, 5) is 16.7. The first kappa shape index (κ1) is 23.6. The molecule has 1 aliphatic heterocycles. The molecule has 0 aliphatic carbocycles. The van der Waals surface area contributed by atoms with E-state index in [1.807, 2.05) is 74.5 Å². The number of ether oxygens (including phenoxy) is 4. The molecule has 0 unspecified atom stereocenters. The van der Waals surface area contributed by atoms with Gasteiger partial charge in [-0.2, -0.15) is 0 Å². The van der Waals surface area contributed by atoms with E-state index in [2.05, 4.69) is 20.9 Å². The van der Waals surface area contributed by atoms with Gasteiger partial charge in [0.15, 0.2) is 17.2 Å². The number of benzene rings is 3. The molecule has 7 heteroatoms. The zero-order chi connectivity index (χ0) is 23.9. The van der Waals surface area contributed by atoms with Gasteiger partial charge in [0.2, 0.25) is 5.90 Å². The number of carbonyl (C=O) groups excluding carboxylic acids is 1. The lowest BCUT2D eigenvalue weighted by Crippen LogP contribution is -2.10. The third-order valence-electron chi connectivity index (χ3n) is 4.90. The fraction of sp³-hybridized carbons (Fsp3) is 0.185. The van der Waals surface area contributed by atoms with Crippen LogP contribution in [0.3, 0.4) is 0 Å². The van der Waals surface area contributed by atoms with E-state index in [0.717, 1.165) is 16.9 Å². The summed E-state index contributed by atoms with van der Waals surface area (Å²) >= 11 is 3.56. The van der Waals surface area contributed by atoms with Crippen LogP contribution in [0.25, 0.3) is 6.08 Å². The molecule has 4 rings (SSSR count). The summed E-state index contributed by atoms with van der Waals surface area (Å²) in [5.74, 6) is 1.70. The molecule has 6 nitrogen and oxygen atoms in total. The van der Waals surface area contributed by atoms with Gasteiger partial charge in [-0.25, -0.2) is 9.79 Å². The van der Waals surface area contributed by atoms with Crippen molar-refractivity contribution in [1.82, 2.24) is 0 Å². The zero-order valence-corrected chi connectivity index (χ0v) is 20.5. The van der Waals surface area contributed by atoms with Crippen molar-refractivity contribution in [3.63, 3.8) is 0 Å². The Labute approximate surface area is 207 Å². The highest BCUT2D eigenvalue weighted by molar-refractivity contribution is 9.10. The van der Waals surface area contributed by atoms with E-state index in [0.29, 0.717) is 35.8 Å². The number of aryl methyl sites for hydroxylation is 1. The van der Waals surface area contributed by atoms with Crippen LogP contribution in [0, 0.1) is 6.92 Å². The number of carbonyl (C=O) groups is 1. The van der Waals surface area contributed by atoms with Gasteiger partial charge in [0, 0.05) is 5.56 Å². The average molecular weight is 522 g/mol. The molecule has 34 heavy (non-hydrogen) atoms. The minimum atomic E-state index is -0.499. The molecule has 1 heterocycles. The Kier molecular flexibility index (Phi) is 7.65. The van der Waals surface area contributed by atoms with E-state index in [1.54, 1.807) is 12.1 Å². The van der Waals surface area contributed by atoms with Crippen molar-refractivity contribution in [3.05, 3.63) is 93.6 Å². The highest BCUT2D eigenvalue weighted by Crippen LogP contribution is 2.38. The molecule has 3 aromatic rings. The second-order valence-corrected chi connectivity index (χ2v) is 8.33. The van der Waals surface area contributed by atoms with Crippen LogP contribution in [-0.2, 0) is 9.53 Å². The summed E-state index contributed by atoms with van der Waals surface area (Å²) in [6.45, 7) is 5.11. The van der Waals surface area contributed by atoms with Crippen LogP contribution in [0.15, 0.2) is 81.9 Å². The monoisotopic (exact) mass is 521 g/mol. The van der Waals surface area contributed by atoms with E-state index >= 15 is 0 Å². The summed E-state index contributed by atoms with van der Waals surface area (Å²) < 4.78 is 23.5. The molecular weight excluding hydrogens is 498 g/mol. The minimum absolute atomic E-state index is 0.216. The van der Waals surface area contributed by atoms with Crippen LogP contribution in [0.5, 0.6) is 17.2 Å². The quantitative estimate of drug-likeness (QED) is 0.197. The smallest absolute Gasteiger partial charge is 0.363 e. The molecule has 0 aromatic heterocycles. The summed E-state index contributed by atoms with van der Waals surface area (Å²) in [5, 5.41) is 0. The fourth-order valence-electron chi connectivity index (χ4n) is 3.28. The Morgan fingerprint density at radius 2 is 1.71 bits per heavy atom. The predicted molar refractivity (Wildman–Crippen MR) is 135 cm³/mol. The number of hydrogen-bond acceptors (Lipinski definition) is 6. The van der Waals surface area contributed by atoms with E-state index in [4.69, 9.17) is 18.9 Å². The first-order valence-electron chi connectivity index (χ1n) is 10.9. The first-order valence-corrected chi connectivity index (χ1v) is 11.7. The Morgan fingerprint density at radius 3 is 2.44 bits per heavy atom. The van der Waals surface area contributed by atoms with Crippen LogP contribution in [0.2, 0.25) is 0 Å². The van der Waals surface area contributed by atoms with Gasteiger partial charge in [0.05, 0.1) is 11.1 Å². The number of rotatable bonds is 9. The van der Waals surface area contributed by atoms with Crippen molar-refractivity contribution in [1.29, 1.82) is 0 Å². The number of halogens is 1. The number of esters is 1. The van der Waals surface area contributed by atoms with Crippen molar-refractivity contribution in [2.24, 2.45) is 4.99 Å². The molecule has 0 radical (unpaired) electrons. The number of cyclic esters (lactones) is 1. The molecule has 0 bridgehead atoms. The Morgan fingerprint density at radius 1 is 0.971 bits per heavy atom. The van der Waals surface area contributed by atoms with Gasteiger partial charge in [-0.05, 0) is 77.8 Å². The van der Waals surface area contributed by atoms with E-state index in [9.17, 15) is 4.79 Å². The van der Waals surface area contributed by atoms with Gasteiger partial charge in [-0.15, -0.1) is 0 Å². The van der Waals surface area contributed by atoms with Crippen molar-refractivity contribution in [2.45, 2.75) is 13.8 Å².